The number of hydrogen-bond acceptors (Lipinski definition) is 4. The highest BCUT2D eigenvalue weighted by Crippen LogP contribution is 2.29. The van der Waals surface area contributed by atoms with E-state index >= 15 is 0 Å². The lowest BCUT2D eigenvalue weighted by atomic mass is 9.85. The highest BCUT2D eigenvalue weighted by molar-refractivity contribution is 5.91. The summed E-state index contributed by atoms with van der Waals surface area (Å²) in [5.41, 5.74) is 1.66. The summed E-state index contributed by atoms with van der Waals surface area (Å²) in [6.07, 6.45) is 0.639. The van der Waals surface area contributed by atoms with Crippen LogP contribution in [-0.2, 0) is 25.6 Å². The summed E-state index contributed by atoms with van der Waals surface area (Å²) < 4.78 is 10.3. The third-order valence-corrected chi connectivity index (χ3v) is 4.76. The maximum absolute atomic E-state index is 12.6. The van der Waals surface area contributed by atoms with Gasteiger partial charge in [-0.2, -0.15) is 0 Å². The fourth-order valence-electron chi connectivity index (χ4n) is 3.16. The number of aryl methyl sites for hydroxylation is 1. The van der Waals surface area contributed by atoms with Crippen LogP contribution in [0.4, 0.5) is 0 Å². The van der Waals surface area contributed by atoms with Crippen LogP contribution in [0.5, 0.6) is 0 Å². The Labute approximate surface area is 142 Å². The number of nitrogens with zero attached hydrogens (tertiary/aromatic N) is 1. The Morgan fingerprint density at radius 2 is 2.08 bits per heavy atom. The van der Waals surface area contributed by atoms with Gasteiger partial charge < -0.3 is 19.7 Å². The molecular weight excluding hydrogens is 308 g/mol. The van der Waals surface area contributed by atoms with E-state index < -0.39 is 11.5 Å². The third-order valence-electron chi connectivity index (χ3n) is 4.76. The van der Waals surface area contributed by atoms with E-state index in [0.29, 0.717) is 39.3 Å². The van der Waals surface area contributed by atoms with Crippen molar-refractivity contribution in [3.05, 3.63) is 35.4 Å². The van der Waals surface area contributed by atoms with Crippen molar-refractivity contribution < 1.29 is 19.1 Å². The minimum atomic E-state index is -0.639. The minimum Gasteiger partial charge on any atom is -0.383 e. The van der Waals surface area contributed by atoms with Crippen LogP contribution in [0.2, 0.25) is 0 Å². The Morgan fingerprint density at radius 3 is 2.67 bits per heavy atom. The van der Waals surface area contributed by atoms with E-state index in [2.05, 4.69) is 5.32 Å². The van der Waals surface area contributed by atoms with Crippen molar-refractivity contribution >= 4 is 11.8 Å². The zero-order valence-corrected chi connectivity index (χ0v) is 14.2. The maximum Gasteiger partial charge on any atom is 0.245 e. The lowest BCUT2D eigenvalue weighted by molar-refractivity contribution is -0.173. The van der Waals surface area contributed by atoms with Gasteiger partial charge in [-0.3, -0.25) is 9.59 Å². The van der Waals surface area contributed by atoms with Crippen LogP contribution in [0.3, 0.4) is 0 Å². The molecule has 24 heavy (non-hydrogen) atoms. The Balaban J connectivity index is 1.58. The lowest BCUT2D eigenvalue weighted by Crippen LogP contribution is -2.59. The molecular formula is C18H24N2O4. The summed E-state index contributed by atoms with van der Waals surface area (Å²) in [5, 5.41) is 2.89. The maximum atomic E-state index is 12.6. The van der Waals surface area contributed by atoms with Crippen LogP contribution in [0, 0.1) is 12.3 Å². The number of hydrogen-bond donors (Lipinski definition) is 1. The van der Waals surface area contributed by atoms with Gasteiger partial charge >= 0.3 is 0 Å². The van der Waals surface area contributed by atoms with E-state index in [0.717, 1.165) is 5.56 Å². The number of methoxy groups -OCH3 is 1. The number of likely N-dealkylation sites (tertiary alicyclic amines) is 1. The largest absolute Gasteiger partial charge is 0.383 e. The third kappa shape index (κ3) is 3.30. The molecule has 1 unspecified atom stereocenters. The first-order valence-electron chi connectivity index (χ1n) is 8.26. The molecule has 130 valence electrons. The van der Waals surface area contributed by atoms with Gasteiger partial charge in [-0.1, -0.05) is 29.8 Å². The second-order valence-electron chi connectivity index (χ2n) is 6.77. The quantitative estimate of drug-likeness (QED) is 0.839. The predicted octanol–water partition coefficient (Wildman–Crippen LogP) is 0.875. The van der Waals surface area contributed by atoms with Gasteiger partial charge in [0.2, 0.25) is 11.8 Å². The Kier molecular flexibility index (Phi) is 4.87. The average molecular weight is 332 g/mol. The number of benzene rings is 1. The molecule has 1 N–H and O–H groups in total. The summed E-state index contributed by atoms with van der Waals surface area (Å²) in [4.78, 5) is 26.9. The van der Waals surface area contributed by atoms with E-state index in [-0.39, 0.29) is 11.8 Å². The summed E-state index contributed by atoms with van der Waals surface area (Å²) in [6.45, 7) is 4.29. The highest BCUT2D eigenvalue weighted by atomic mass is 16.5. The molecule has 0 radical (unpaired) electrons. The molecule has 6 nitrogen and oxygen atoms in total. The molecule has 3 rings (SSSR count). The highest BCUT2D eigenvalue weighted by Gasteiger charge is 2.47. The molecule has 2 aliphatic heterocycles. The molecule has 0 aromatic heterocycles. The van der Waals surface area contributed by atoms with Gasteiger partial charge in [0.15, 0.2) is 0 Å². The molecule has 1 aromatic rings. The summed E-state index contributed by atoms with van der Waals surface area (Å²) in [7, 11) is 1.57. The van der Waals surface area contributed by atoms with E-state index in [1.165, 1.54) is 5.56 Å². The number of ether oxygens (including phenoxy) is 2. The molecule has 2 heterocycles. The normalized spacial score (nSPS) is 22.3. The van der Waals surface area contributed by atoms with Crippen LogP contribution in [-0.4, -0.2) is 56.2 Å². The van der Waals surface area contributed by atoms with E-state index in [1.54, 1.807) is 12.0 Å². The molecule has 2 aliphatic rings. The summed E-state index contributed by atoms with van der Waals surface area (Å²) in [6, 6.07) is 7.71. The Hall–Kier alpha value is -1.92. The van der Waals surface area contributed by atoms with Crippen molar-refractivity contribution in [3.8, 4) is 0 Å². The van der Waals surface area contributed by atoms with Crippen LogP contribution >= 0.6 is 0 Å². The lowest BCUT2D eigenvalue weighted by Gasteiger charge is -2.39. The molecule has 1 atom stereocenters. The average Bonchev–Trinajstić information content (AvgIpc) is 2.86. The topological polar surface area (TPSA) is 67.9 Å². The van der Waals surface area contributed by atoms with Gasteiger partial charge in [-0.25, -0.2) is 0 Å². The Bertz CT molecular complexity index is 610. The first-order chi connectivity index (χ1) is 11.5. The van der Waals surface area contributed by atoms with E-state index in [9.17, 15) is 9.59 Å². The SMILES string of the molecule is COCC1(C(=O)NC2CCN(Cc3ccc(C)cc3)C2=O)COC1. The van der Waals surface area contributed by atoms with Crippen molar-refractivity contribution in [1.82, 2.24) is 10.2 Å². The zero-order valence-electron chi connectivity index (χ0n) is 14.2. The molecule has 6 heteroatoms. The Morgan fingerprint density at radius 1 is 1.38 bits per heavy atom. The second kappa shape index (κ2) is 6.91. The number of carbonyl (C=O) groups is 2. The van der Waals surface area contributed by atoms with Gasteiger partial charge in [0.25, 0.3) is 0 Å². The zero-order chi connectivity index (χ0) is 17.2. The predicted molar refractivity (Wildman–Crippen MR) is 88.3 cm³/mol. The molecule has 2 amide bonds. The second-order valence-corrected chi connectivity index (χ2v) is 6.77. The van der Waals surface area contributed by atoms with Gasteiger partial charge in [0.05, 0.1) is 19.8 Å². The van der Waals surface area contributed by atoms with E-state index in [4.69, 9.17) is 9.47 Å². The fourth-order valence-corrected chi connectivity index (χ4v) is 3.16. The molecule has 1 aromatic carbocycles. The minimum absolute atomic E-state index is 0.0169. The van der Waals surface area contributed by atoms with Crippen molar-refractivity contribution in [2.24, 2.45) is 5.41 Å². The summed E-state index contributed by atoms with van der Waals surface area (Å²) >= 11 is 0. The number of carbonyl (C=O) groups excluding carboxylic acids is 2. The van der Waals surface area contributed by atoms with Gasteiger partial charge in [0.1, 0.15) is 11.5 Å². The smallest absolute Gasteiger partial charge is 0.245 e. The molecule has 2 saturated heterocycles. The van der Waals surface area contributed by atoms with Crippen molar-refractivity contribution in [3.63, 3.8) is 0 Å². The number of amides is 2. The number of rotatable bonds is 6. The molecule has 0 spiro atoms. The number of nitrogens with one attached hydrogen (secondary N) is 1. The van der Waals surface area contributed by atoms with Crippen LogP contribution in [0.15, 0.2) is 24.3 Å². The van der Waals surface area contributed by atoms with Gasteiger partial charge in [-0.15, -0.1) is 0 Å². The molecule has 0 saturated carbocycles. The van der Waals surface area contributed by atoms with Gasteiger partial charge in [0, 0.05) is 20.2 Å². The molecule has 0 aliphatic carbocycles. The molecule has 0 bridgehead atoms. The van der Waals surface area contributed by atoms with Crippen molar-refractivity contribution in [2.75, 3.05) is 33.5 Å². The van der Waals surface area contributed by atoms with Gasteiger partial charge in [-0.05, 0) is 18.9 Å². The van der Waals surface area contributed by atoms with Crippen LogP contribution in [0.1, 0.15) is 17.5 Å². The van der Waals surface area contributed by atoms with Crippen molar-refractivity contribution in [2.45, 2.75) is 25.9 Å². The molecule has 2 fully saturated rings. The first-order valence-corrected chi connectivity index (χ1v) is 8.26. The van der Waals surface area contributed by atoms with E-state index in [1.807, 2.05) is 31.2 Å². The monoisotopic (exact) mass is 332 g/mol. The summed E-state index contributed by atoms with van der Waals surface area (Å²) in [5.74, 6) is -0.164. The van der Waals surface area contributed by atoms with Crippen molar-refractivity contribution in [1.29, 1.82) is 0 Å². The fraction of sp³-hybridized carbons (Fsp3) is 0.556. The van der Waals surface area contributed by atoms with Crippen LogP contribution < -0.4 is 5.32 Å². The standard InChI is InChI=1S/C18H24N2O4/c1-13-3-5-14(6-4-13)9-20-8-7-15(16(20)21)19-17(22)18(10-23-2)11-24-12-18/h3-6,15H,7-12H2,1-2H3,(H,19,22). The first kappa shape index (κ1) is 16.9. The van der Waals surface area contributed by atoms with Crippen LogP contribution in [0.25, 0.3) is 0 Å².